The van der Waals surface area contributed by atoms with Crippen molar-refractivity contribution in [3.63, 3.8) is 0 Å². The van der Waals surface area contributed by atoms with Gasteiger partial charge in [0, 0.05) is 32.7 Å². The van der Waals surface area contributed by atoms with Gasteiger partial charge in [-0.15, -0.1) is 0 Å². The van der Waals surface area contributed by atoms with E-state index in [1.807, 2.05) is 0 Å². The molecule has 4 rings (SSSR count). The maximum Gasteiger partial charge on any atom is 0.264 e. The van der Waals surface area contributed by atoms with Crippen LogP contribution in [0.4, 0.5) is 5.69 Å². The Morgan fingerprint density at radius 1 is 0.950 bits per heavy atom. The van der Waals surface area contributed by atoms with Crippen molar-refractivity contribution in [2.75, 3.05) is 10.8 Å². The van der Waals surface area contributed by atoms with E-state index in [2.05, 4.69) is 21.2 Å². The fourth-order valence-corrected chi connectivity index (χ4v) is 6.90. The molecule has 1 atom stereocenters. The molecule has 3 aromatic carbocycles. The van der Waals surface area contributed by atoms with Gasteiger partial charge in [0.25, 0.3) is 10.0 Å². The highest BCUT2D eigenvalue weighted by molar-refractivity contribution is 9.10. The van der Waals surface area contributed by atoms with Gasteiger partial charge in [0.05, 0.1) is 10.6 Å². The van der Waals surface area contributed by atoms with Crippen molar-refractivity contribution < 1.29 is 18.0 Å². The van der Waals surface area contributed by atoms with Gasteiger partial charge in [0.2, 0.25) is 11.8 Å². The maximum atomic E-state index is 14.0. The van der Waals surface area contributed by atoms with Crippen LogP contribution in [0.1, 0.15) is 38.2 Å². The predicted octanol–water partition coefficient (Wildman–Crippen LogP) is 6.43. The first-order valence-corrected chi connectivity index (χ1v) is 15.9. The minimum absolute atomic E-state index is 0.0402. The molecule has 0 radical (unpaired) electrons. The standard InChI is InChI=1S/C29H30BrCl2N3O4S/c1-20(29(37)33-22-8-5-6-9-22)34(18-25-26(31)12-7-13-27(25)32)28(36)19-35(23-16-14-21(30)15-17-23)40(38,39)24-10-3-2-4-11-24/h2-4,7,10-17,20,22H,5-6,8-9,18-19H2,1H3,(H,33,37)/t20-/m1/s1. The lowest BCUT2D eigenvalue weighted by atomic mass is 10.1. The summed E-state index contributed by atoms with van der Waals surface area (Å²) >= 11 is 16.2. The number of halogens is 3. The van der Waals surface area contributed by atoms with Crippen LogP contribution in [0.5, 0.6) is 0 Å². The molecule has 1 aliphatic carbocycles. The summed E-state index contributed by atoms with van der Waals surface area (Å²) in [6.45, 7) is 1.01. The van der Waals surface area contributed by atoms with Crippen LogP contribution >= 0.6 is 39.1 Å². The number of nitrogens with one attached hydrogen (secondary N) is 1. The molecule has 0 aromatic heterocycles. The smallest absolute Gasteiger partial charge is 0.264 e. The van der Waals surface area contributed by atoms with E-state index in [4.69, 9.17) is 23.2 Å². The second kappa shape index (κ2) is 13.4. The summed E-state index contributed by atoms with van der Waals surface area (Å²) in [5.41, 5.74) is 0.778. The van der Waals surface area contributed by atoms with E-state index in [-0.39, 0.29) is 23.4 Å². The molecule has 1 saturated carbocycles. The number of benzene rings is 3. The molecule has 1 N–H and O–H groups in total. The first-order valence-electron chi connectivity index (χ1n) is 12.9. The lowest BCUT2D eigenvalue weighted by Gasteiger charge is -2.33. The van der Waals surface area contributed by atoms with Crippen LogP contribution in [0.15, 0.2) is 82.2 Å². The third kappa shape index (κ3) is 7.18. The molecule has 0 spiro atoms. The number of sulfonamides is 1. The average Bonchev–Trinajstić information content (AvgIpc) is 3.45. The molecular weight excluding hydrogens is 637 g/mol. The van der Waals surface area contributed by atoms with Gasteiger partial charge in [-0.3, -0.25) is 13.9 Å². The number of carbonyl (C=O) groups excluding carboxylic acids is 2. The van der Waals surface area contributed by atoms with Gasteiger partial charge in [-0.1, -0.05) is 76.2 Å². The zero-order chi connectivity index (χ0) is 28.9. The molecule has 1 aliphatic rings. The predicted molar refractivity (Wildman–Crippen MR) is 162 cm³/mol. The topological polar surface area (TPSA) is 86.8 Å². The minimum atomic E-state index is -4.13. The van der Waals surface area contributed by atoms with Crippen molar-refractivity contribution in [3.8, 4) is 0 Å². The SMILES string of the molecule is C[C@H](C(=O)NC1CCCC1)N(Cc1c(Cl)cccc1Cl)C(=O)CN(c1ccc(Br)cc1)S(=O)(=O)c1ccccc1. The first kappa shape index (κ1) is 30.4. The van der Waals surface area contributed by atoms with Crippen LogP contribution in [0.3, 0.4) is 0 Å². The van der Waals surface area contributed by atoms with Crippen molar-refractivity contribution >= 4 is 66.7 Å². The Bertz CT molecular complexity index is 1430. The quantitative estimate of drug-likeness (QED) is 0.270. The van der Waals surface area contributed by atoms with Crippen LogP contribution in [0, 0.1) is 0 Å². The van der Waals surface area contributed by atoms with Crippen molar-refractivity contribution in [2.24, 2.45) is 0 Å². The third-order valence-corrected chi connectivity index (χ3v) is 10.0. The lowest BCUT2D eigenvalue weighted by molar-refractivity contribution is -0.139. The molecule has 0 aliphatic heterocycles. The van der Waals surface area contributed by atoms with Crippen molar-refractivity contribution in [2.45, 2.75) is 56.1 Å². The lowest BCUT2D eigenvalue weighted by Crippen LogP contribution is -2.52. The van der Waals surface area contributed by atoms with Gasteiger partial charge in [0.1, 0.15) is 12.6 Å². The van der Waals surface area contributed by atoms with E-state index in [1.165, 1.54) is 17.0 Å². The molecule has 1 fully saturated rings. The maximum absolute atomic E-state index is 14.0. The van der Waals surface area contributed by atoms with Gasteiger partial charge in [-0.05, 0) is 68.3 Å². The Kier molecular flexibility index (Phi) is 10.2. The van der Waals surface area contributed by atoms with Gasteiger partial charge < -0.3 is 10.2 Å². The molecule has 0 unspecified atom stereocenters. The highest BCUT2D eigenvalue weighted by Crippen LogP contribution is 2.29. The Labute approximate surface area is 253 Å². The van der Waals surface area contributed by atoms with Crippen molar-refractivity contribution in [1.82, 2.24) is 10.2 Å². The molecule has 212 valence electrons. The molecule has 11 heteroatoms. The summed E-state index contributed by atoms with van der Waals surface area (Å²) in [5, 5.41) is 3.73. The number of carbonyl (C=O) groups is 2. The van der Waals surface area contributed by atoms with E-state index in [0.29, 0.717) is 21.3 Å². The molecule has 7 nitrogen and oxygen atoms in total. The van der Waals surface area contributed by atoms with Crippen LogP contribution in [-0.4, -0.2) is 43.8 Å². The first-order chi connectivity index (χ1) is 19.1. The van der Waals surface area contributed by atoms with Crippen LogP contribution < -0.4 is 9.62 Å². The van der Waals surface area contributed by atoms with Gasteiger partial charge >= 0.3 is 0 Å². The highest BCUT2D eigenvalue weighted by atomic mass is 79.9. The van der Waals surface area contributed by atoms with Crippen molar-refractivity contribution in [3.05, 3.63) is 92.9 Å². The third-order valence-electron chi connectivity index (χ3n) is 6.98. The van der Waals surface area contributed by atoms with E-state index in [9.17, 15) is 18.0 Å². The minimum Gasteiger partial charge on any atom is -0.352 e. The summed E-state index contributed by atoms with van der Waals surface area (Å²) in [6, 6.07) is 18.7. The van der Waals surface area contributed by atoms with E-state index in [1.54, 1.807) is 67.6 Å². The van der Waals surface area contributed by atoms with Crippen LogP contribution in [-0.2, 0) is 26.2 Å². The largest absolute Gasteiger partial charge is 0.352 e. The monoisotopic (exact) mass is 665 g/mol. The Hall–Kier alpha value is -2.59. The zero-order valence-electron chi connectivity index (χ0n) is 21.9. The molecule has 0 saturated heterocycles. The number of nitrogens with zero attached hydrogens (tertiary/aromatic N) is 2. The average molecular weight is 667 g/mol. The summed E-state index contributed by atoms with van der Waals surface area (Å²) in [7, 11) is -4.13. The van der Waals surface area contributed by atoms with E-state index < -0.39 is 28.5 Å². The van der Waals surface area contributed by atoms with Crippen LogP contribution in [0.25, 0.3) is 0 Å². The summed E-state index contributed by atoms with van der Waals surface area (Å²) < 4.78 is 29.4. The summed E-state index contributed by atoms with van der Waals surface area (Å²) in [4.78, 5) is 28.7. The molecule has 0 bridgehead atoms. The molecule has 40 heavy (non-hydrogen) atoms. The van der Waals surface area contributed by atoms with Gasteiger partial charge in [0.15, 0.2) is 0 Å². The molecular formula is C29H30BrCl2N3O4S. The number of anilines is 1. The van der Waals surface area contributed by atoms with Gasteiger partial charge in [-0.2, -0.15) is 0 Å². The molecule has 3 aromatic rings. The highest BCUT2D eigenvalue weighted by Gasteiger charge is 2.34. The zero-order valence-corrected chi connectivity index (χ0v) is 25.8. The Morgan fingerprint density at radius 2 is 1.55 bits per heavy atom. The molecule has 0 heterocycles. The fourth-order valence-electron chi connectivity index (χ4n) is 4.68. The van der Waals surface area contributed by atoms with E-state index >= 15 is 0 Å². The second-order valence-corrected chi connectivity index (χ2v) is 13.3. The fraction of sp³-hybridized carbons (Fsp3) is 0.310. The van der Waals surface area contributed by atoms with Crippen LogP contribution in [0.2, 0.25) is 10.0 Å². The number of hydrogen-bond acceptors (Lipinski definition) is 4. The summed E-state index contributed by atoms with van der Waals surface area (Å²) in [6.07, 6.45) is 3.85. The second-order valence-electron chi connectivity index (χ2n) is 9.69. The van der Waals surface area contributed by atoms with E-state index in [0.717, 1.165) is 34.5 Å². The Balaban J connectivity index is 1.70. The normalized spacial score (nSPS) is 14.5. The Morgan fingerprint density at radius 3 is 2.15 bits per heavy atom. The number of amides is 2. The van der Waals surface area contributed by atoms with Crippen molar-refractivity contribution in [1.29, 1.82) is 0 Å². The number of rotatable bonds is 10. The summed E-state index contributed by atoms with van der Waals surface area (Å²) in [5.74, 6) is -0.892. The molecule has 2 amide bonds. The number of hydrogen-bond donors (Lipinski definition) is 1. The van der Waals surface area contributed by atoms with Gasteiger partial charge in [-0.25, -0.2) is 8.42 Å².